The van der Waals surface area contributed by atoms with E-state index in [0.717, 1.165) is 17.3 Å². The SMILES string of the molecule is CCCC1(O)CN(C(=O)COc2ccc(Br)cc2Cl)C1. The normalized spacial score (nSPS) is 16.7. The van der Waals surface area contributed by atoms with Gasteiger partial charge in [0.15, 0.2) is 6.61 Å². The Morgan fingerprint density at radius 3 is 2.85 bits per heavy atom. The van der Waals surface area contributed by atoms with E-state index >= 15 is 0 Å². The monoisotopic (exact) mass is 361 g/mol. The number of carbonyl (C=O) groups excluding carboxylic acids is 1. The van der Waals surface area contributed by atoms with E-state index < -0.39 is 5.60 Å². The lowest BCUT2D eigenvalue weighted by molar-refractivity contribution is -0.158. The van der Waals surface area contributed by atoms with Crippen molar-refractivity contribution in [1.82, 2.24) is 4.90 Å². The largest absolute Gasteiger partial charge is 0.482 e. The van der Waals surface area contributed by atoms with Gasteiger partial charge in [0.05, 0.1) is 23.7 Å². The Morgan fingerprint density at radius 1 is 1.55 bits per heavy atom. The Hall–Kier alpha value is -0.780. The van der Waals surface area contributed by atoms with Gasteiger partial charge in [0.25, 0.3) is 5.91 Å². The summed E-state index contributed by atoms with van der Waals surface area (Å²) in [6, 6.07) is 5.23. The lowest BCUT2D eigenvalue weighted by Gasteiger charge is -2.46. The molecule has 4 nitrogen and oxygen atoms in total. The molecule has 1 aromatic carbocycles. The van der Waals surface area contributed by atoms with Crippen LogP contribution in [0.3, 0.4) is 0 Å². The van der Waals surface area contributed by atoms with E-state index in [4.69, 9.17) is 16.3 Å². The molecule has 110 valence electrons. The maximum Gasteiger partial charge on any atom is 0.260 e. The van der Waals surface area contributed by atoms with Crippen LogP contribution >= 0.6 is 27.5 Å². The van der Waals surface area contributed by atoms with Crippen molar-refractivity contribution < 1.29 is 14.6 Å². The van der Waals surface area contributed by atoms with Crippen LogP contribution in [0.25, 0.3) is 0 Å². The summed E-state index contributed by atoms with van der Waals surface area (Å²) in [6.45, 7) is 2.72. The zero-order valence-corrected chi connectivity index (χ0v) is 13.6. The third-order valence-corrected chi connectivity index (χ3v) is 4.07. The molecule has 0 aliphatic carbocycles. The molecule has 0 saturated carbocycles. The number of nitrogens with zero attached hydrogens (tertiary/aromatic N) is 1. The minimum absolute atomic E-state index is 0.0659. The fourth-order valence-corrected chi connectivity index (χ4v) is 3.02. The lowest BCUT2D eigenvalue weighted by atomic mass is 9.89. The van der Waals surface area contributed by atoms with Gasteiger partial charge in [-0.3, -0.25) is 4.79 Å². The minimum Gasteiger partial charge on any atom is -0.482 e. The maximum atomic E-state index is 11.9. The van der Waals surface area contributed by atoms with Gasteiger partial charge in [0, 0.05) is 4.47 Å². The van der Waals surface area contributed by atoms with Crippen LogP contribution in [0.15, 0.2) is 22.7 Å². The fraction of sp³-hybridized carbons (Fsp3) is 0.500. The molecule has 6 heteroatoms. The predicted octanol–water partition coefficient (Wildman–Crippen LogP) is 2.85. The van der Waals surface area contributed by atoms with E-state index in [1.165, 1.54) is 0 Å². The van der Waals surface area contributed by atoms with E-state index in [0.29, 0.717) is 23.9 Å². The van der Waals surface area contributed by atoms with Crippen molar-refractivity contribution in [3.05, 3.63) is 27.7 Å². The molecule has 1 aliphatic rings. The summed E-state index contributed by atoms with van der Waals surface area (Å²) in [5, 5.41) is 10.5. The van der Waals surface area contributed by atoms with E-state index in [2.05, 4.69) is 15.9 Å². The van der Waals surface area contributed by atoms with Gasteiger partial charge in [0.2, 0.25) is 0 Å². The lowest BCUT2D eigenvalue weighted by Crippen LogP contribution is -2.64. The van der Waals surface area contributed by atoms with Crippen molar-refractivity contribution in [3.8, 4) is 5.75 Å². The van der Waals surface area contributed by atoms with Crippen molar-refractivity contribution >= 4 is 33.4 Å². The van der Waals surface area contributed by atoms with Gasteiger partial charge in [-0.25, -0.2) is 0 Å². The van der Waals surface area contributed by atoms with E-state index in [1.54, 1.807) is 23.1 Å². The molecule has 1 aromatic rings. The van der Waals surface area contributed by atoms with Gasteiger partial charge in [0.1, 0.15) is 5.75 Å². The first-order valence-corrected chi connectivity index (χ1v) is 7.68. The Morgan fingerprint density at radius 2 is 2.25 bits per heavy atom. The number of rotatable bonds is 5. The second-order valence-electron chi connectivity index (χ2n) is 5.09. The number of halogens is 2. The molecule has 1 aliphatic heterocycles. The molecule has 1 amide bonds. The number of hydrogen-bond donors (Lipinski definition) is 1. The Kier molecular flexibility index (Phi) is 4.94. The summed E-state index contributed by atoms with van der Waals surface area (Å²) in [5.41, 5.74) is -0.709. The minimum atomic E-state index is -0.709. The summed E-state index contributed by atoms with van der Waals surface area (Å²) in [4.78, 5) is 13.5. The molecule has 0 atom stereocenters. The highest BCUT2D eigenvalue weighted by atomic mass is 79.9. The molecule has 0 aromatic heterocycles. The van der Waals surface area contributed by atoms with Crippen molar-refractivity contribution in [1.29, 1.82) is 0 Å². The fourth-order valence-electron chi connectivity index (χ4n) is 2.29. The Bertz CT molecular complexity index is 503. The predicted molar refractivity (Wildman–Crippen MR) is 81.1 cm³/mol. The second kappa shape index (κ2) is 6.33. The molecular formula is C14H17BrClNO3. The zero-order valence-electron chi connectivity index (χ0n) is 11.2. The second-order valence-corrected chi connectivity index (χ2v) is 6.41. The molecule has 1 N–H and O–H groups in total. The molecule has 0 radical (unpaired) electrons. The van der Waals surface area contributed by atoms with E-state index in [-0.39, 0.29) is 12.5 Å². The van der Waals surface area contributed by atoms with Crippen LogP contribution < -0.4 is 4.74 Å². The number of ether oxygens (including phenoxy) is 1. The van der Waals surface area contributed by atoms with Crippen LogP contribution in [-0.2, 0) is 4.79 Å². The number of likely N-dealkylation sites (tertiary alicyclic amines) is 1. The Labute approximate surface area is 131 Å². The molecule has 1 fully saturated rings. The number of β-amino-alcohol motifs (C(OH)–C–C–N with tert-alkyl or cyclic N) is 1. The van der Waals surface area contributed by atoms with Crippen LogP contribution in [0.2, 0.25) is 5.02 Å². The molecule has 0 bridgehead atoms. The number of benzene rings is 1. The van der Waals surface area contributed by atoms with Crippen LogP contribution in [0, 0.1) is 0 Å². The average molecular weight is 363 g/mol. The van der Waals surface area contributed by atoms with Gasteiger partial charge in [-0.05, 0) is 24.6 Å². The average Bonchev–Trinajstić information content (AvgIpc) is 2.34. The molecular weight excluding hydrogens is 346 g/mol. The Balaban J connectivity index is 1.82. The van der Waals surface area contributed by atoms with Gasteiger partial charge in [-0.2, -0.15) is 0 Å². The quantitative estimate of drug-likeness (QED) is 0.876. The smallest absolute Gasteiger partial charge is 0.260 e. The van der Waals surface area contributed by atoms with Crippen molar-refractivity contribution in [2.75, 3.05) is 19.7 Å². The van der Waals surface area contributed by atoms with Crippen LogP contribution in [0.1, 0.15) is 19.8 Å². The number of aliphatic hydroxyl groups is 1. The first-order chi connectivity index (χ1) is 9.43. The third kappa shape index (κ3) is 3.65. The van der Waals surface area contributed by atoms with Crippen molar-refractivity contribution in [2.24, 2.45) is 0 Å². The molecule has 0 unspecified atom stereocenters. The summed E-state index contributed by atoms with van der Waals surface area (Å²) in [7, 11) is 0. The van der Waals surface area contributed by atoms with Crippen molar-refractivity contribution in [2.45, 2.75) is 25.4 Å². The molecule has 0 spiro atoms. The van der Waals surface area contributed by atoms with E-state index in [9.17, 15) is 9.90 Å². The number of carbonyl (C=O) groups is 1. The van der Waals surface area contributed by atoms with Gasteiger partial charge in [-0.15, -0.1) is 0 Å². The molecule has 20 heavy (non-hydrogen) atoms. The maximum absolute atomic E-state index is 11.9. The van der Waals surface area contributed by atoms with Crippen LogP contribution in [0.4, 0.5) is 0 Å². The van der Waals surface area contributed by atoms with Gasteiger partial charge >= 0.3 is 0 Å². The molecule has 1 heterocycles. The van der Waals surface area contributed by atoms with Crippen molar-refractivity contribution in [3.63, 3.8) is 0 Å². The summed E-state index contributed by atoms with van der Waals surface area (Å²) in [5.74, 6) is 0.345. The van der Waals surface area contributed by atoms with Crippen LogP contribution in [-0.4, -0.2) is 41.2 Å². The first-order valence-electron chi connectivity index (χ1n) is 6.51. The standard InChI is InChI=1S/C14H17BrClNO3/c1-2-5-14(19)8-17(9-14)13(18)7-20-12-4-3-10(15)6-11(12)16/h3-4,6,19H,2,5,7-9H2,1H3. The molecule has 2 rings (SSSR count). The zero-order chi connectivity index (χ0) is 14.8. The first kappa shape index (κ1) is 15.6. The highest BCUT2D eigenvalue weighted by Crippen LogP contribution is 2.29. The van der Waals surface area contributed by atoms with Crippen LogP contribution in [0.5, 0.6) is 5.75 Å². The van der Waals surface area contributed by atoms with E-state index in [1.807, 2.05) is 6.92 Å². The highest BCUT2D eigenvalue weighted by molar-refractivity contribution is 9.10. The number of hydrogen-bond acceptors (Lipinski definition) is 3. The molecule has 1 saturated heterocycles. The summed E-state index contributed by atoms with van der Waals surface area (Å²) >= 11 is 9.31. The third-order valence-electron chi connectivity index (χ3n) is 3.28. The highest BCUT2D eigenvalue weighted by Gasteiger charge is 2.42. The van der Waals surface area contributed by atoms with Gasteiger partial charge in [-0.1, -0.05) is 40.9 Å². The number of amides is 1. The topological polar surface area (TPSA) is 49.8 Å². The summed E-state index contributed by atoms with van der Waals surface area (Å²) in [6.07, 6.45) is 1.62. The summed E-state index contributed by atoms with van der Waals surface area (Å²) < 4.78 is 6.27. The van der Waals surface area contributed by atoms with Gasteiger partial charge < -0.3 is 14.7 Å².